The maximum Gasteiger partial charge on any atom is 0.255 e. The normalized spacial score (nSPS) is 10.6. The molecule has 6 nitrogen and oxygen atoms in total. The van der Waals surface area contributed by atoms with Crippen molar-refractivity contribution in [3.05, 3.63) is 71.0 Å². The predicted octanol–water partition coefficient (Wildman–Crippen LogP) is 5.24. The van der Waals surface area contributed by atoms with Gasteiger partial charge in [0.1, 0.15) is 0 Å². The van der Waals surface area contributed by atoms with Crippen molar-refractivity contribution in [1.82, 2.24) is 9.97 Å². The smallest absolute Gasteiger partial charge is 0.255 e. The van der Waals surface area contributed by atoms with E-state index in [-0.39, 0.29) is 5.91 Å². The fourth-order valence-corrected chi connectivity index (χ4v) is 3.42. The minimum atomic E-state index is -0.154. The summed E-state index contributed by atoms with van der Waals surface area (Å²) in [6.07, 6.45) is 0. The van der Waals surface area contributed by atoms with Gasteiger partial charge in [0.2, 0.25) is 5.95 Å². The maximum atomic E-state index is 12.8. The topological polar surface area (TPSA) is 70.2 Å². The minimum absolute atomic E-state index is 0.154. The Balaban J connectivity index is 1.75. The molecule has 0 bridgehead atoms. The van der Waals surface area contributed by atoms with Crippen LogP contribution in [-0.4, -0.2) is 29.0 Å². The molecule has 0 aliphatic rings. The van der Waals surface area contributed by atoms with E-state index in [4.69, 9.17) is 0 Å². The average Bonchev–Trinajstić information content (AvgIpc) is 2.70. The van der Waals surface area contributed by atoms with Crippen LogP contribution in [0.4, 0.5) is 23.0 Å². The second kappa shape index (κ2) is 9.39. The third-order valence-electron chi connectivity index (χ3n) is 4.95. The Labute approximate surface area is 178 Å². The van der Waals surface area contributed by atoms with Gasteiger partial charge in [0, 0.05) is 47.1 Å². The number of aromatic nitrogens is 2. The van der Waals surface area contributed by atoms with Gasteiger partial charge in [-0.15, -0.1) is 0 Å². The first-order chi connectivity index (χ1) is 14.4. The summed E-state index contributed by atoms with van der Waals surface area (Å²) in [6, 6.07) is 15.4. The van der Waals surface area contributed by atoms with Crippen LogP contribution in [0.5, 0.6) is 0 Å². The predicted molar refractivity (Wildman–Crippen MR) is 124 cm³/mol. The largest absolute Gasteiger partial charge is 0.372 e. The quantitative estimate of drug-likeness (QED) is 0.564. The molecule has 1 aromatic heterocycles. The van der Waals surface area contributed by atoms with E-state index in [0.29, 0.717) is 11.5 Å². The molecule has 2 N–H and O–H groups in total. The van der Waals surface area contributed by atoms with Gasteiger partial charge >= 0.3 is 0 Å². The number of hydrogen-bond acceptors (Lipinski definition) is 5. The lowest BCUT2D eigenvalue weighted by atomic mass is 10.1. The van der Waals surface area contributed by atoms with E-state index in [9.17, 15) is 4.79 Å². The first-order valence-electron chi connectivity index (χ1n) is 10.3. The van der Waals surface area contributed by atoms with Crippen LogP contribution in [0.2, 0.25) is 0 Å². The summed E-state index contributed by atoms with van der Waals surface area (Å²) in [5.41, 5.74) is 6.12. The summed E-state index contributed by atoms with van der Waals surface area (Å²) in [5.74, 6) is 0.367. The molecule has 2 aromatic carbocycles. The number of nitrogens with zero attached hydrogens (tertiary/aromatic N) is 3. The zero-order valence-electron chi connectivity index (χ0n) is 18.3. The Kier molecular flexibility index (Phi) is 6.67. The zero-order chi connectivity index (χ0) is 21.7. The van der Waals surface area contributed by atoms with Gasteiger partial charge in [-0.05, 0) is 82.6 Å². The van der Waals surface area contributed by atoms with E-state index < -0.39 is 0 Å². The molecule has 1 amide bonds. The van der Waals surface area contributed by atoms with Crippen molar-refractivity contribution in [2.75, 3.05) is 28.6 Å². The van der Waals surface area contributed by atoms with E-state index in [1.54, 1.807) is 12.1 Å². The molecule has 6 heteroatoms. The molecule has 3 aromatic rings. The molecule has 0 spiro atoms. The molecule has 156 valence electrons. The number of aryl methyl sites for hydroxylation is 3. The first kappa shape index (κ1) is 21.3. The Morgan fingerprint density at radius 2 is 1.63 bits per heavy atom. The van der Waals surface area contributed by atoms with Gasteiger partial charge in [0.15, 0.2) is 0 Å². The van der Waals surface area contributed by atoms with Gasteiger partial charge in [-0.3, -0.25) is 4.79 Å². The third kappa shape index (κ3) is 5.14. The average molecular weight is 404 g/mol. The molecule has 0 aliphatic heterocycles. The fourth-order valence-electron chi connectivity index (χ4n) is 3.42. The van der Waals surface area contributed by atoms with E-state index in [1.807, 2.05) is 51.1 Å². The van der Waals surface area contributed by atoms with Gasteiger partial charge in [-0.1, -0.05) is 6.07 Å². The number of benzene rings is 2. The molecule has 0 atom stereocenters. The molecular formula is C24H29N5O. The van der Waals surface area contributed by atoms with Gasteiger partial charge < -0.3 is 15.5 Å². The lowest BCUT2D eigenvalue weighted by Crippen LogP contribution is -2.22. The molecule has 0 aliphatic carbocycles. The number of rotatable bonds is 7. The summed E-state index contributed by atoms with van der Waals surface area (Å²) in [6.45, 7) is 12.0. The van der Waals surface area contributed by atoms with Crippen LogP contribution >= 0.6 is 0 Å². The zero-order valence-corrected chi connectivity index (χ0v) is 18.3. The van der Waals surface area contributed by atoms with Gasteiger partial charge in [0.25, 0.3) is 5.91 Å². The van der Waals surface area contributed by atoms with Crippen molar-refractivity contribution in [1.29, 1.82) is 0 Å². The standard InChI is InChI=1S/C24H29N5O/c1-6-29(7-2)21-11-12-22(16(3)13-21)28-23(30)19-9-8-10-20(15-19)27-24-25-17(4)14-18(5)26-24/h8-15H,6-7H2,1-5H3,(H,28,30)(H,25,26,27). The first-order valence-corrected chi connectivity index (χ1v) is 10.3. The Morgan fingerprint density at radius 3 is 2.27 bits per heavy atom. The minimum Gasteiger partial charge on any atom is -0.372 e. The summed E-state index contributed by atoms with van der Waals surface area (Å²) >= 11 is 0. The van der Waals surface area contributed by atoms with Crippen LogP contribution in [-0.2, 0) is 0 Å². The summed E-state index contributed by atoms with van der Waals surface area (Å²) in [7, 11) is 0. The molecule has 0 fully saturated rings. The monoisotopic (exact) mass is 403 g/mol. The van der Waals surface area contributed by atoms with Gasteiger partial charge in [-0.25, -0.2) is 9.97 Å². The van der Waals surface area contributed by atoms with Crippen molar-refractivity contribution in [3.63, 3.8) is 0 Å². The van der Waals surface area contributed by atoms with E-state index in [0.717, 1.165) is 47.1 Å². The van der Waals surface area contributed by atoms with Crippen molar-refractivity contribution in [3.8, 4) is 0 Å². The molecule has 30 heavy (non-hydrogen) atoms. The SMILES string of the molecule is CCN(CC)c1ccc(NC(=O)c2cccc(Nc3nc(C)cc(C)n3)c2)c(C)c1. The molecule has 3 rings (SSSR count). The van der Waals surface area contributed by atoms with E-state index in [2.05, 4.69) is 45.4 Å². The number of amides is 1. The van der Waals surface area contributed by atoms with Crippen molar-refractivity contribution in [2.24, 2.45) is 0 Å². The van der Waals surface area contributed by atoms with Crippen LogP contribution in [0.3, 0.4) is 0 Å². The van der Waals surface area contributed by atoms with Crippen LogP contribution < -0.4 is 15.5 Å². The highest BCUT2D eigenvalue weighted by molar-refractivity contribution is 6.05. The number of carbonyl (C=O) groups is 1. The third-order valence-corrected chi connectivity index (χ3v) is 4.95. The van der Waals surface area contributed by atoms with Crippen LogP contribution in [0.25, 0.3) is 0 Å². The van der Waals surface area contributed by atoms with Crippen molar-refractivity contribution < 1.29 is 4.79 Å². The van der Waals surface area contributed by atoms with Crippen LogP contribution in [0.15, 0.2) is 48.5 Å². The molecule has 0 radical (unpaired) electrons. The second-order valence-corrected chi connectivity index (χ2v) is 7.31. The van der Waals surface area contributed by atoms with Crippen molar-refractivity contribution >= 4 is 28.9 Å². The Morgan fingerprint density at radius 1 is 0.933 bits per heavy atom. The highest BCUT2D eigenvalue weighted by atomic mass is 16.1. The van der Waals surface area contributed by atoms with Gasteiger partial charge in [-0.2, -0.15) is 0 Å². The lowest BCUT2D eigenvalue weighted by molar-refractivity contribution is 0.102. The van der Waals surface area contributed by atoms with E-state index >= 15 is 0 Å². The fraction of sp³-hybridized carbons (Fsp3) is 0.292. The number of anilines is 4. The lowest BCUT2D eigenvalue weighted by Gasteiger charge is -2.22. The molecule has 0 unspecified atom stereocenters. The van der Waals surface area contributed by atoms with E-state index in [1.165, 1.54) is 0 Å². The molecular weight excluding hydrogens is 374 g/mol. The number of nitrogens with one attached hydrogen (secondary N) is 2. The maximum absolute atomic E-state index is 12.8. The summed E-state index contributed by atoms with van der Waals surface area (Å²) in [4.78, 5) is 23.9. The summed E-state index contributed by atoms with van der Waals surface area (Å²) < 4.78 is 0. The number of hydrogen-bond donors (Lipinski definition) is 2. The van der Waals surface area contributed by atoms with Gasteiger partial charge in [0.05, 0.1) is 0 Å². The molecule has 1 heterocycles. The Hall–Kier alpha value is -3.41. The highest BCUT2D eigenvalue weighted by Crippen LogP contribution is 2.24. The molecule has 0 saturated heterocycles. The Bertz CT molecular complexity index is 1020. The summed E-state index contributed by atoms with van der Waals surface area (Å²) in [5, 5.41) is 6.20. The van der Waals surface area contributed by atoms with Crippen molar-refractivity contribution in [2.45, 2.75) is 34.6 Å². The molecule has 0 saturated carbocycles. The second-order valence-electron chi connectivity index (χ2n) is 7.31. The van der Waals surface area contributed by atoms with Crippen LogP contribution in [0, 0.1) is 20.8 Å². The highest BCUT2D eigenvalue weighted by Gasteiger charge is 2.11. The van der Waals surface area contributed by atoms with Crippen LogP contribution in [0.1, 0.15) is 41.2 Å². The number of carbonyl (C=O) groups excluding carboxylic acids is 1.